The third-order valence-electron chi connectivity index (χ3n) is 3.68. The van der Waals surface area contributed by atoms with Gasteiger partial charge in [-0.15, -0.1) is 0 Å². The molecule has 1 aromatic rings. The number of rotatable bonds is 4. The fourth-order valence-corrected chi connectivity index (χ4v) is 3.68. The monoisotopic (exact) mass is 311 g/mol. The summed E-state index contributed by atoms with van der Waals surface area (Å²) in [6, 6.07) is 4.61. The van der Waals surface area contributed by atoms with E-state index in [0.717, 1.165) is 17.7 Å². The SMILES string of the molecule is CC[C@@H](C)NS(=O)(=O)c1ccc2c(c1)CCN2C(=O)NC. The van der Waals surface area contributed by atoms with E-state index in [2.05, 4.69) is 10.0 Å². The van der Waals surface area contributed by atoms with Crippen LogP contribution in [0.15, 0.2) is 23.1 Å². The number of carbonyl (C=O) groups excluding carboxylic acids is 1. The van der Waals surface area contributed by atoms with E-state index in [-0.39, 0.29) is 17.0 Å². The van der Waals surface area contributed by atoms with Crippen molar-refractivity contribution in [1.29, 1.82) is 0 Å². The Balaban J connectivity index is 2.29. The van der Waals surface area contributed by atoms with Gasteiger partial charge >= 0.3 is 6.03 Å². The summed E-state index contributed by atoms with van der Waals surface area (Å²) in [5.74, 6) is 0. The van der Waals surface area contributed by atoms with E-state index in [9.17, 15) is 13.2 Å². The molecule has 0 saturated heterocycles. The van der Waals surface area contributed by atoms with E-state index in [4.69, 9.17) is 0 Å². The Hall–Kier alpha value is -1.60. The van der Waals surface area contributed by atoms with Crippen molar-refractivity contribution in [2.45, 2.75) is 37.6 Å². The van der Waals surface area contributed by atoms with Crippen molar-refractivity contribution in [2.75, 3.05) is 18.5 Å². The molecule has 2 rings (SSSR count). The molecule has 21 heavy (non-hydrogen) atoms. The molecule has 0 unspecified atom stereocenters. The zero-order valence-electron chi connectivity index (χ0n) is 12.5. The minimum atomic E-state index is -3.51. The van der Waals surface area contributed by atoms with Crippen molar-refractivity contribution in [3.05, 3.63) is 23.8 Å². The van der Waals surface area contributed by atoms with Gasteiger partial charge in [0.25, 0.3) is 0 Å². The highest BCUT2D eigenvalue weighted by molar-refractivity contribution is 7.89. The van der Waals surface area contributed by atoms with Crippen molar-refractivity contribution in [1.82, 2.24) is 10.0 Å². The molecule has 0 aromatic heterocycles. The lowest BCUT2D eigenvalue weighted by molar-refractivity contribution is 0.248. The van der Waals surface area contributed by atoms with Crippen LogP contribution in [0.3, 0.4) is 0 Å². The Kier molecular flexibility index (Phi) is 4.53. The standard InChI is InChI=1S/C14H21N3O3S/c1-4-10(2)16-21(19,20)12-5-6-13-11(9-12)7-8-17(13)14(18)15-3/h5-6,9-10,16H,4,7-8H2,1-3H3,(H,15,18)/t10-/m1/s1. The van der Waals surface area contributed by atoms with E-state index in [1.54, 1.807) is 30.1 Å². The lowest BCUT2D eigenvalue weighted by Gasteiger charge is -2.17. The first kappa shape index (κ1) is 15.8. The summed E-state index contributed by atoms with van der Waals surface area (Å²) >= 11 is 0. The van der Waals surface area contributed by atoms with Crippen molar-refractivity contribution >= 4 is 21.7 Å². The second-order valence-corrected chi connectivity index (χ2v) is 6.89. The van der Waals surface area contributed by atoms with Crippen LogP contribution in [0.2, 0.25) is 0 Å². The average Bonchev–Trinajstić information content (AvgIpc) is 2.88. The van der Waals surface area contributed by atoms with Crippen LogP contribution in [0.4, 0.5) is 10.5 Å². The Morgan fingerprint density at radius 1 is 1.43 bits per heavy atom. The van der Waals surface area contributed by atoms with Crippen LogP contribution in [0.25, 0.3) is 0 Å². The lowest BCUT2D eigenvalue weighted by Crippen LogP contribution is -2.36. The van der Waals surface area contributed by atoms with Gasteiger partial charge in [0, 0.05) is 25.3 Å². The largest absolute Gasteiger partial charge is 0.341 e. The fraction of sp³-hybridized carbons (Fsp3) is 0.500. The quantitative estimate of drug-likeness (QED) is 0.884. The number of carbonyl (C=O) groups is 1. The maximum Gasteiger partial charge on any atom is 0.321 e. The number of sulfonamides is 1. The number of amides is 2. The number of nitrogens with one attached hydrogen (secondary N) is 2. The van der Waals surface area contributed by atoms with Crippen molar-refractivity contribution < 1.29 is 13.2 Å². The number of anilines is 1. The van der Waals surface area contributed by atoms with Gasteiger partial charge in [-0.2, -0.15) is 0 Å². The van der Waals surface area contributed by atoms with Crippen LogP contribution < -0.4 is 14.9 Å². The Morgan fingerprint density at radius 3 is 2.76 bits per heavy atom. The molecule has 1 heterocycles. The summed E-state index contributed by atoms with van der Waals surface area (Å²) in [5, 5.41) is 2.58. The minimum absolute atomic E-state index is 0.106. The number of urea groups is 1. The molecule has 1 atom stereocenters. The van der Waals surface area contributed by atoms with Crippen LogP contribution >= 0.6 is 0 Å². The maximum absolute atomic E-state index is 12.3. The van der Waals surface area contributed by atoms with Gasteiger partial charge in [-0.05, 0) is 43.5 Å². The number of hydrogen-bond donors (Lipinski definition) is 2. The first-order chi connectivity index (χ1) is 9.89. The molecule has 0 radical (unpaired) electrons. The number of nitrogens with zero attached hydrogens (tertiary/aromatic N) is 1. The van der Waals surface area contributed by atoms with Crippen molar-refractivity contribution in [3.63, 3.8) is 0 Å². The van der Waals surface area contributed by atoms with Gasteiger partial charge in [0.15, 0.2) is 0 Å². The summed E-state index contributed by atoms with van der Waals surface area (Å²) in [6.07, 6.45) is 1.39. The van der Waals surface area contributed by atoms with E-state index < -0.39 is 10.0 Å². The zero-order chi connectivity index (χ0) is 15.6. The Bertz CT molecular complexity index is 643. The zero-order valence-corrected chi connectivity index (χ0v) is 13.3. The van der Waals surface area contributed by atoms with Crippen LogP contribution in [0, 0.1) is 0 Å². The maximum atomic E-state index is 12.3. The highest BCUT2D eigenvalue weighted by Crippen LogP contribution is 2.30. The molecule has 0 spiro atoms. The molecule has 0 fully saturated rings. The van der Waals surface area contributed by atoms with E-state index in [1.807, 2.05) is 13.8 Å². The molecule has 2 amide bonds. The predicted octanol–water partition coefficient (Wildman–Crippen LogP) is 1.47. The highest BCUT2D eigenvalue weighted by atomic mass is 32.2. The Labute approximate surface area is 125 Å². The van der Waals surface area contributed by atoms with E-state index >= 15 is 0 Å². The van der Waals surface area contributed by atoms with Gasteiger partial charge in [-0.25, -0.2) is 17.9 Å². The summed E-state index contributed by atoms with van der Waals surface area (Å²) in [7, 11) is -1.93. The summed E-state index contributed by atoms with van der Waals surface area (Å²) in [6.45, 7) is 4.33. The summed E-state index contributed by atoms with van der Waals surface area (Å²) in [5.41, 5.74) is 1.66. The third kappa shape index (κ3) is 3.19. The predicted molar refractivity (Wildman–Crippen MR) is 82.0 cm³/mol. The molecule has 0 bridgehead atoms. The number of hydrogen-bond acceptors (Lipinski definition) is 3. The molecule has 7 heteroatoms. The number of benzene rings is 1. The molecule has 1 aromatic carbocycles. The van der Waals surface area contributed by atoms with Gasteiger partial charge in [0.05, 0.1) is 4.90 Å². The smallest absolute Gasteiger partial charge is 0.321 e. The molecule has 1 aliphatic heterocycles. The molecule has 2 N–H and O–H groups in total. The minimum Gasteiger partial charge on any atom is -0.341 e. The molecule has 0 aliphatic carbocycles. The molecule has 6 nitrogen and oxygen atoms in total. The molecule has 116 valence electrons. The molecule has 0 saturated carbocycles. The first-order valence-corrected chi connectivity index (χ1v) is 8.52. The van der Waals surface area contributed by atoms with Gasteiger partial charge in [0.1, 0.15) is 0 Å². The summed E-state index contributed by atoms with van der Waals surface area (Å²) < 4.78 is 27.2. The van der Waals surface area contributed by atoms with E-state index in [1.165, 1.54) is 0 Å². The molecular formula is C14H21N3O3S. The van der Waals surface area contributed by atoms with Crippen LogP contribution in [-0.4, -0.2) is 34.1 Å². The molecule has 1 aliphatic rings. The lowest BCUT2D eigenvalue weighted by atomic mass is 10.2. The third-order valence-corrected chi connectivity index (χ3v) is 5.27. The second-order valence-electron chi connectivity index (χ2n) is 5.18. The fourth-order valence-electron chi connectivity index (χ4n) is 2.31. The topological polar surface area (TPSA) is 78.5 Å². The van der Waals surface area contributed by atoms with Crippen molar-refractivity contribution in [2.24, 2.45) is 0 Å². The van der Waals surface area contributed by atoms with Gasteiger partial charge < -0.3 is 5.32 Å². The van der Waals surface area contributed by atoms with Crippen LogP contribution in [0.1, 0.15) is 25.8 Å². The number of fused-ring (bicyclic) bond motifs is 1. The summed E-state index contributed by atoms with van der Waals surface area (Å²) in [4.78, 5) is 13.6. The van der Waals surface area contributed by atoms with E-state index in [0.29, 0.717) is 13.0 Å². The van der Waals surface area contributed by atoms with Crippen LogP contribution in [-0.2, 0) is 16.4 Å². The average molecular weight is 311 g/mol. The van der Waals surface area contributed by atoms with Crippen LogP contribution in [0.5, 0.6) is 0 Å². The van der Waals surface area contributed by atoms with Gasteiger partial charge in [-0.1, -0.05) is 6.92 Å². The normalized spacial score (nSPS) is 15.7. The Morgan fingerprint density at radius 2 is 2.14 bits per heavy atom. The highest BCUT2D eigenvalue weighted by Gasteiger charge is 2.26. The molecular weight excluding hydrogens is 290 g/mol. The van der Waals surface area contributed by atoms with Gasteiger partial charge in [0.2, 0.25) is 10.0 Å². The second kappa shape index (κ2) is 6.03. The van der Waals surface area contributed by atoms with Crippen molar-refractivity contribution in [3.8, 4) is 0 Å². The van der Waals surface area contributed by atoms with Gasteiger partial charge in [-0.3, -0.25) is 4.90 Å². The first-order valence-electron chi connectivity index (χ1n) is 7.03.